The summed E-state index contributed by atoms with van der Waals surface area (Å²) in [6.07, 6.45) is 1.66. The molecule has 4 rings (SSSR count). The number of fused-ring (bicyclic) bond motifs is 1. The van der Waals surface area contributed by atoms with Gasteiger partial charge in [0.25, 0.3) is 0 Å². The van der Waals surface area contributed by atoms with Crippen LogP contribution in [0, 0.1) is 5.82 Å². The third-order valence-corrected chi connectivity index (χ3v) is 5.73. The Hall–Kier alpha value is -2.79. The summed E-state index contributed by atoms with van der Waals surface area (Å²) >= 11 is 3.30. The van der Waals surface area contributed by atoms with Gasteiger partial charge in [-0.05, 0) is 76.2 Å². The van der Waals surface area contributed by atoms with E-state index < -0.39 is 5.82 Å². The summed E-state index contributed by atoms with van der Waals surface area (Å²) in [4.78, 5) is 0. The Morgan fingerprint density at radius 3 is 2.48 bits per heavy atom. The lowest BCUT2D eigenvalue weighted by Crippen LogP contribution is -2.01. The average molecular weight is 483 g/mol. The quantitative estimate of drug-likeness (QED) is 0.304. The van der Waals surface area contributed by atoms with Gasteiger partial charge in [0.15, 0.2) is 11.6 Å². The Morgan fingerprint density at radius 2 is 1.77 bits per heavy atom. The van der Waals surface area contributed by atoms with Crippen LogP contribution in [0.15, 0.2) is 60.7 Å². The Morgan fingerprint density at radius 1 is 1.03 bits per heavy atom. The highest BCUT2D eigenvalue weighted by molar-refractivity contribution is 9.09. The SMILES string of the molecule is CCC(=C(c1ccc(O)cc1)c1ccc(OCCBr)c(F)c1)c1ccc2c(c1)CCO2. The predicted molar refractivity (Wildman–Crippen MR) is 126 cm³/mol. The van der Waals surface area contributed by atoms with E-state index in [2.05, 4.69) is 35.0 Å². The first-order chi connectivity index (χ1) is 15.1. The lowest BCUT2D eigenvalue weighted by Gasteiger charge is -2.18. The average Bonchev–Trinajstić information content (AvgIpc) is 3.25. The van der Waals surface area contributed by atoms with Crippen LogP contribution in [0.4, 0.5) is 4.39 Å². The maximum atomic E-state index is 14.8. The predicted octanol–water partition coefficient (Wildman–Crippen LogP) is 6.61. The van der Waals surface area contributed by atoms with Crippen LogP contribution < -0.4 is 9.47 Å². The molecule has 3 aromatic carbocycles. The van der Waals surface area contributed by atoms with Gasteiger partial charge in [0, 0.05) is 11.8 Å². The highest BCUT2D eigenvalue weighted by Crippen LogP contribution is 2.38. The van der Waals surface area contributed by atoms with Crippen LogP contribution in [-0.2, 0) is 6.42 Å². The second-order valence-corrected chi connectivity index (χ2v) is 8.15. The van der Waals surface area contributed by atoms with E-state index in [1.54, 1.807) is 18.2 Å². The molecule has 160 valence electrons. The minimum Gasteiger partial charge on any atom is -0.508 e. The van der Waals surface area contributed by atoms with Gasteiger partial charge in [-0.1, -0.05) is 47.1 Å². The molecule has 0 saturated heterocycles. The fourth-order valence-corrected chi connectivity index (χ4v) is 4.13. The van der Waals surface area contributed by atoms with Crippen molar-refractivity contribution in [2.75, 3.05) is 18.5 Å². The zero-order chi connectivity index (χ0) is 21.8. The first-order valence-electron chi connectivity index (χ1n) is 10.4. The summed E-state index contributed by atoms with van der Waals surface area (Å²) in [6, 6.07) is 18.4. The molecular formula is C26H24BrFO3. The molecule has 0 aromatic heterocycles. The second kappa shape index (κ2) is 9.56. The van der Waals surface area contributed by atoms with Crippen LogP contribution in [0.2, 0.25) is 0 Å². The summed E-state index contributed by atoms with van der Waals surface area (Å²) < 4.78 is 26.0. The highest BCUT2D eigenvalue weighted by atomic mass is 79.9. The fraction of sp³-hybridized carbons (Fsp3) is 0.231. The van der Waals surface area contributed by atoms with E-state index >= 15 is 0 Å². The van der Waals surface area contributed by atoms with Crippen molar-refractivity contribution in [3.8, 4) is 17.2 Å². The van der Waals surface area contributed by atoms with E-state index in [4.69, 9.17) is 9.47 Å². The number of phenolic OH excluding ortho intramolecular Hbond substituents is 1. The van der Waals surface area contributed by atoms with Crippen LogP contribution in [0.1, 0.15) is 35.6 Å². The van der Waals surface area contributed by atoms with E-state index in [9.17, 15) is 9.50 Å². The van der Waals surface area contributed by atoms with Gasteiger partial charge in [-0.15, -0.1) is 0 Å². The molecule has 0 aliphatic carbocycles. The number of hydrogen-bond donors (Lipinski definition) is 1. The van der Waals surface area contributed by atoms with E-state index in [0.717, 1.165) is 46.4 Å². The van der Waals surface area contributed by atoms with Crippen molar-refractivity contribution >= 4 is 27.1 Å². The third kappa shape index (κ3) is 4.62. The molecular weight excluding hydrogens is 459 g/mol. The standard InChI is InChI=1S/C26H24BrFO3/c1-2-22(18-5-9-24-19(15-18)11-13-30-24)26(17-3-7-21(29)8-4-17)20-6-10-25(23(28)16-20)31-14-12-27/h3-10,15-16,29H,2,11-14H2,1H3. The summed E-state index contributed by atoms with van der Waals surface area (Å²) in [6.45, 7) is 3.20. The molecule has 5 heteroatoms. The Labute approximate surface area is 190 Å². The van der Waals surface area contributed by atoms with Gasteiger partial charge in [-0.25, -0.2) is 4.39 Å². The first kappa shape index (κ1) is 21.4. The van der Waals surface area contributed by atoms with E-state index in [1.807, 2.05) is 24.3 Å². The van der Waals surface area contributed by atoms with Crippen LogP contribution in [0.3, 0.4) is 0 Å². The van der Waals surface area contributed by atoms with Gasteiger partial charge >= 0.3 is 0 Å². The van der Waals surface area contributed by atoms with Crippen molar-refractivity contribution in [3.63, 3.8) is 0 Å². The molecule has 0 fully saturated rings. The number of ether oxygens (including phenoxy) is 2. The number of phenols is 1. The van der Waals surface area contributed by atoms with E-state index in [-0.39, 0.29) is 11.5 Å². The van der Waals surface area contributed by atoms with E-state index in [1.165, 1.54) is 11.6 Å². The lowest BCUT2D eigenvalue weighted by molar-refractivity contribution is 0.326. The van der Waals surface area contributed by atoms with Crippen molar-refractivity contribution in [2.24, 2.45) is 0 Å². The first-order valence-corrected chi connectivity index (χ1v) is 11.5. The number of halogens is 2. The molecule has 0 amide bonds. The third-order valence-electron chi connectivity index (χ3n) is 5.40. The molecule has 0 bridgehead atoms. The van der Waals surface area contributed by atoms with Crippen molar-refractivity contribution < 1.29 is 19.0 Å². The Kier molecular flexibility index (Phi) is 6.62. The van der Waals surface area contributed by atoms with Crippen molar-refractivity contribution in [1.29, 1.82) is 0 Å². The van der Waals surface area contributed by atoms with Gasteiger partial charge in [0.1, 0.15) is 11.5 Å². The van der Waals surface area contributed by atoms with Gasteiger partial charge in [0.05, 0.1) is 13.2 Å². The summed E-state index contributed by atoms with van der Waals surface area (Å²) in [5.74, 6) is 0.971. The molecule has 1 aliphatic rings. The van der Waals surface area contributed by atoms with Gasteiger partial charge in [-0.2, -0.15) is 0 Å². The van der Waals surface area contributed by atoms with Gasteiger partial charge in [0.2, 0.25) is 0 Å². The fourth-order valence-electron chi connectivity index (χ4n) is 3.96. The summed E-state index contributed by atoms with van der Waals surface area (Å²) in [7, 11) is 0. The molecule has 31 heavy (non-hydrogen) atoms. The van der Waals surface area contributed by atoms with E-state index in [0.29, 0.717) is 18.5 Å². The number of allylic oxidation sites excluding steroid dienone is 1. The van der Waals surface area contributed by atoms with Crippen LogP contribution in [0.5, 0.6) is 17.2 Å². The molecule has 1 N–H and O–H groups in total. The molecule has 0 unspecified atom stereocenters. The summed E-state index contributed by atoms with van der Waals surface area (Å²) in [5.41, 5.74) is 6.01. The van der Waals surface area contributed by atoms with Crippen LogP contribution in [-0.4, -0.2) is 23.7 Å². The minimum absolute atomic E-state index is 0.195. The number of benzene rings is 3. The number of aromatic hydroxyl groups is 1. The molecule has 3 nitrogen and oxygen atoms in total. The highest BCUT2D eigenvalue weighted by Gasteiger charge is 2.18. The maximum absolute atomic E-state index is 14.8. The lowest BCUT2D eigenvalue weighted by atomic mass is 9.87. The second-order valence-electron chi connectivity index (χ2n) is 7.36. The number of alkyl halides is 1. The van der Waals surface area contributed by atoms with Crippen molar-refractivity contribution in [2.45, 2.75) is 19.8 Å². The normalized spacial score (nSPS) is 13.4. The van der Waals surface area contributed by atoms with Crippen LogP contribution >= 0.6 is 15.9 Å². The summed E-state index contributed by atoms with van der Waals surface area (Å²) in [5, 5.41) is 10.4. The zero-order valence-electron chi connectivity index (χ0n) is 17.3. The molecule has 3 aromatic rings. The van der Waals surface area contributed by atoms with Gasteiger partial charge < -0.3 is 14.6 Å². The molecule has 1 heterocycles. The molecule has 0 atom stereocenters. The molecule has 0 spiro atoms. The zero-order valence-corrected chi connectivity index (χ0v) is 18.9. The Bertz CT molecular complexity index is 1110. The smallest absolute Gasteiger partial charge is 0.165 e. The molecule has 1 aliphatic heterocycles. The monoisotopic (exact) mass is 482 g/mol. The minimum atomic E-state index is -0.396. The van der Waals surface area contributed by atoms with Crippen LogP contribution in [0.25, 0.3) is 11.1 Å². The number of hydrogen-bond acceptors (Lipinski definition) is 3. The Balaban J connectivity index is 1.88. The molecule has 0 radical (unpaired) electrons. The molecule has 0 saturated carbocycles. The largest absolute Gasteiger partial charge is 0.508 e. The topological polar surface area (TPSA) is 38.7 Å². The number of rotatable bonds is 7. The van der Waals surface area contributed by atoms with Crippen molar-refractivity contribution in [3.05, 3.63) is 88.7 Å². The van der Waals surface area contributed by atoms with Gasteiger partial charge in [-0.3, -0.25) is 0 Å². The maximum Gasteiger partial charge on any atom is 0.165 e. The van der Waals surface area contributed by atoms with Crippen molar-refractivity contribution in [1.82, 2.24) is 0 Å².